The third-order valence-corrected chi connectivity index (χ3v) is 3.21. The minimum absolute atomic E-state index is 0.0343. The van der Waals surface area contributed by atoms with Crippen molar-refractivity contribution in [2.24, 2.45) is 0 Å². The summed E-state index contributed by atoms with van der Waals surface area (Å²) in [4.78, 5) is 8.78. The molecule has 0 saturated heterocycles. The highest BCUT2D eigenvalue weighted by Crippen LogP contribution is 2.27. The van der Waals surface area contributed by atoms with Crippen molar-refractivity contribution in [3.63, 3.8) is 0 Å². The topological polar surface area (TPSA) is 63.8 Å². The molecule has 0 spiro atoms. The molecular weight excluding hydrogens is 236 g/mol. The van der Waals surface area contributed by atoms with Gasteiger partial charge in [0.15, 0.2) is 0 Å². The summed E-state index contributed by atoms with van der Waals surface area (Å²) in [6.07, 6.45) is 3.66. The van der Waals surface area contributed by atoms with Crippen LogP contribution in [0.5, 0.6) is 0 Å². The summed E-state index contributed by atoms with van der Waals surface area (Å²) >= 11 is 0. The zero-order valence-corrected chi connectivity index (χ0v) is 11.9. The molecule has 0 aliphatic heterocycles. The molecule has 0 fully saturated rings. The number of nitrogen functional groups attached to an aromatic ring is 1. The van der Waals surface area contributed by atoms with Crippen LogP contribution in [0.3, 0.4) is 0 Å². The SMILES string of the molecule is CNC(c1cc(C)cnc1N)c1ncc(C)cc1C. The van der Waals surface area contributed by atoms with E-state index in [4.69, 9.17) is 5.73 Å². The van der Waals surface area contributed by atoms with E-state index in [-0.39, 0.29) is 6.04 Å². The molecule has 4 nitrogen and oxygen atoms in total. The van der Waals surface area contributed by atoms with Gasteiger partial charge in [0.1, 0.15) is 5.82 Å². The lowest BCUT2D eigenvalue weighted by Crippen LogP contribution is -2.22. The predicted molar refractivity (Wildman–Crippen MR) is 78.0 cm³/mol. The first-order valence-electron chi connectivity index (χ1n) is 6.35. The van der Waals surface area contributed by atoms with Crippen molar-refractivity contribution in [3.05, 3.63) is 52.5 Å². The Balaban J connectivity index is 2.52. The Morgan fingerprint density at radius 3 is 2.32 bits per heavy atom. The molecule has 0 radical (unpaired) electrons. The molecule has 19 heavy (non-hydrogen) atoms. The molecule has 4 heteroatoms. The first-order valence-corrected chi connectivity index (χ1v) is 6.35. The molecule has 0 aliphatic carbocycles. The molecule has 0 aliphatic rings. The number of hydrogen-bond donors (Lipinski definition) is 2. The Labute approximate surface area is 114 Å². The minimum atomic E-state index is -0.0343. The molecule has 2 rings (SSSR count). The first kappa shape index (κ1) is 13.5. The van der Waals surface area contributed by atoms with Gasteiger partial charge in [0.2, 0.25) is 0 Å². The minimum Gasteiger partial charge on any atom is -0.383 e. The number of rotatable bonds is 3. The normalized spacial score (nSPS) is 12.4. The fourth-order valence-corrected chi connectivity index (χ4v) is 2.30. The van der Waals surface area contributed by atoms with E-state index < -0.39 is 0 Å². The molecule has 2 aromatic rings. The fourth-order valence-electron chi connectivity index (χ4n) is 2.30. The number of hydrogen-bond acceptors (Lipinski definition) is 4. The van der Waals surface area contributed by atoms with Crippen molar-refractivity contribution in [1.82, 2.24) is 15.3 Å². The van der Waals surface area contributed by atoms with E-state index in [0.717, 1.165) is 27.9 Å². The van der Waals surface area contributed by atoms with Crippen LogP contribution in [-0.4, -0.2) is 17.0 Å². The lowest BCUT2D eigenvalue weighted by atomic mass is 9.99. The number of aryl methyl sites for hydroxylation is 3. The Hall–Kier alpha value is -1.94. The van der Waals surface area contributed by atoms with Gasteiger partial charge in [0, 0.05) is 18.0 Å². The van der Waals surface area contributed by atoms with Gasteiger partial charge in [-0.2, -0.15) is 0 Å². The average Bonchev–Trinajstić information content (AvgIpc) is 2.36. The second-order valence-electron chi connectivity index (χ2n) is 4.92. The summed E-state index contributed by atoms with van der Waals surface area (Å²) in [7, 11) is 1.91. The third-order valence-electron chi connectivity index (χ3n) is 3.21. The van der Waals surface area contributed by atoms with Crippen LogP contribution in [0, 0.1) is 20.8 Å². The Bertz CT molecular complexity index is 593. The molecule has 3 N–H and O–H groups in total. The number of aromatic nitrogens is 2. The van der Waals surface area contributed by atoms with Gasteiger partial charge in [-0.1, -0.05) is 6.07 Å². The van der Waals surface area contributed by atoms with Crippen molar-refractivity contribution in [2.75, 3.05) is 12.8 Å². The van der Waals surface area contributed by atoms with E-state index in [2.05, 4.69) is 34.3 Å². The van der Waals surface area contributed by atoms with Gasteiger partial charge in [-0.05, 0) is 50.6 Å². The fraction of sp³-hybridized carbons (Fsp3) is 0.333. The predicted octanol–water partition coefficient (Wildman–Crippen LogP) is 2.29. The van der Waals surface area contributed by atoms with Crippen LogP contribution in [-0.2, 0) is 0 Å². The molecular formula is C15H20N4. The summed E-state index contributed by atoms with van der Waals surface area (Å²) in [5.41, 5.74) is 11.4. The van der Waals surface area contributed by atoms with Crippen LogP contribution < -0.4 is 11.1 Å². The van der Waals surface area contributed by atoms with E-state index in [0.29, 0.717) is 5.82 Å². The van der Waals surface area contributed by atoms with Crippen LogP contribution in [0.1, 0.15) is 34.0 Å². The monoisotopic (exact) mass is 256 g/mol. The molecule has 0 bridgehead atoms. The zero-order valence-electron chi connectivity index (χ0n) is 11.9. The van der Waals surface area contributed by atoms with Gasteiger partial charge in [0.25, 0.3) is 0 Å². The Morgan fingerprint density at radius 1 is 1.05 bits per heavy atom. The van der Waals surface area contributed by atoms with Gasteiger partial charge in [-0.3, -0.25) is 4.98 Å². The number of nitrogens with zero attached hydrogens (tertiary/aromatic N) is 2. The van der Waals surface area contributed by atoms with Crippen molar-refractivity contribution in [1.29, 1.82) is 0 Å². The van der Waals surface area contributed by atoms with Crippen molar-refractivity contribution < 1.29 is 0 Å². The standard InChI is InChI=1S/C15H20N4/c1-9-5-11(3)13(18-7-9)14(17-4)12-6-10(2)8-19-15(12)16/h5-8,14,17H,1-4H3,(H2,16,19). The highest BCUT2D eigenvalue weighted by Gasteiger charge is 2.19. The number of pyridine rings is 2. The Kier molecular flexibility index (Phi) is 3.81. The molecule has 1 atom stereocenters. The summed E-state index contributed by atoms with van der Waals surface area (Å²) in [6, 6.07) is 4.16. The van der Waals surface area contributed by atoms with E-state index in [1.807, 2.05) is 27.1 Å². The van der Waals surface area contributed by atoms with Gasteiger partial charge >= 0.3 is 0 Å². The second-order valence-corrected chi connectivity index (χ2v) is 4.92. The number of anilines is 1. The van der Waals surface area contributed by atoms with Crippen molar-refractivity contribution in [3.8, 4) is 0 Å². The van der Waals surface area contributed by atoms with Crippen LogP contribution in [0.25, 0.3) is 0 Å². The van der Waals surface area contributed by atoms with Crippen LogP contribution in [0.15, 0.2) is 24.5 Å². The van der Waals surface area contributed by atoms with Crippen LogP contribution in [0.2, 0.25) is 0 Å². The summed E-state index contributed by atoms with van der Waals surface area (Å²) in [5.74, 6) is 0.548. The van der Waals surface area contributed by atoms with E-state index in [9.17, 15) is 0 Å². The number of nitrogens with one attached hydrogen (secondary N) is 1. The van der Waals surface area contributed by atoms with Crippen LogP contribution in [0.4, 0.5) is 5.82 Å². The molecule has 0 amide bonds. The Morgan fingerprint density at radius 2 is 1.68 bits per heavy atom. The third kappa shape index (κ3) is 2.74. The number of nitrogens with two attached hydrogens (primary N) is 1. The summed E-state index contributed by atoms with van der Waals surface area (Å²) in [5, 5.41) is 3.28. The smallest absolute Gasteiger partial charge is 0.128 e. The van der Waals surface area contributed by atoms with Gasteiger partial charge in [-0.25, -0.2) is 4.98 Å². The van der Waals surface area contributed by atoms with E-state index >= 15 is 0 Å². The molecule has 1 unspecified atom stereocenters. The maximum absolute atomic E-state index is 6.00. The van der Waals surface area contributed by atoms with Crippen LogP contribution >= 0.6 is 0 Å². The maximum Gasteiger partial charge on any atom is 0.128 e. The second kappa shape index (κ2) is 5.36. The highest BCUT2D eigenvalue weighted by atomic mass is 14.9. The first-order chi connectivity index (χ1) is 9.02. The molecule has 2 aromatic heterocycles. The van der Waals surface area contributed by atoms with Gasteiger partial charge in [-0.15, -0.1) is 0 Å². The molecule has 0 saturated carbocycles. The summed E-state index contributed by atoms with van der Waals surface area (Å²) in [6.45, 7) is 6.12. The van der Waals surface area contributed by atoms with Crippen molar-refractivity contribution >= 4 is 5.82 Å². The maximum atomic E-state index is 6.00. The lowest BCUT2D eigenvalue weighted by molar-refractivity contribution is 0.664. The molecule has 2 heterocycles. The molecule has 100 valence electrons. The lowest BCUT2D eigenvalue weighted by Gasteiger charge is -2.20. The van der Waals surface area contributed by atoms with Crippen molar-refractivity contribution in [2.45, 2.75) is 26.8 Å². The van der Waals surface area contributed by atoms with Gasteiger partial charge < -0.3 is 11.1 Å². The molecule has 0 aromatic carbocycles. The van der Waals surface area contributed by atoms with Gasteiger partial charge in [0.05, 0.1) is 11.7 Å². The van der Waals surface area contributed by atoms with E-state index in [1.165, 1.54) is 0 Å². The average molecular weight is 256 g/mol. The van der Waals surface area contributed by atoms with E-state index in [1.54, 1.807) is 6.20 Å². The highest BCUT2D eigenvalue weighted by molar-refractivity contribution is 5.47. The summed E-state index contributed by atoms with van der Waals surface area (Å²) < 4.78 is 0. The zero-order chi connectivity index (χ0) is 14.0. The quantitative estimate of drug-likeness (QED) is 0.884. The largest absolute Gasteiger partial charge is 0.383 e.